The largest absolute Gasteiger partial charge is 0.369 e. The Morgan fingerprint density at radius 2 is 2.10 bits per heavy atom. The van der Waals surface area contributed by atoms with Crippen LogP contribution in [-0.4, -0.2) is 15.9 Å². The molecule has 0 saturated carbocycles. The van der Waals surface area contributed by atoms with Crippen LogP contribution in [0.3, 0.4) is 0 Å². The van der Waals surface area contributed by atoms with E-state index >= 15 is 0 Å². The van der Waals surface area contributed by atoms with Crippen molar-refractivity contribution in [2.45, 2.75) is 0 Å². The molecular formula is C12H10ClN5O2. The summed E-state index contributed by atoms with van der Waals surface area (Å²) in [6.45, 7) is 0. The third-order valence-corrected chi connectivity index (χ3v) is 2.64. The lowest BCUT2D eigenvalue weighted by Gasteiger charge is -2.06. The number of anilines is 1. The van der Waals surface area contributed by atoms with Gasteiger partial charge in [0.25, 0.3) is 5.69 Å². The van der Waals surface area contributed by atoms with Crippen LogP contribution in [0.5, 0.6) is 0 Å². The van der Waals surface area contributed by atoms with E-state index in [1.54, 1.807) is 24.3 Å². The summed E-state index contributed by atoms with van der Waals surface area (Å²) in [6.07, 6.45) is 1.11. The Morgan fingerprint density at radius 1 is 1.35 bits per heavy atom. The highest BCUT2D eigenvalue weighted by molar-refractivity contribution is 6.33. The molecule has 3 N–H and O–H groups in total. The van der Waals surface area contributed by atoms with E-state index in [9.17, 15) is 10.1 Å². The molecule has 0 saturated heterocycles. The van der Waals surface area contributed by atoms with E-state index in [0.29, 0.717) is 10.7 Å². The zero-order valence-electron chi connectivity index (χ0n) is 10.2. The highest BCUT2D eigenvalue weighted by atomic mass is 35.5. The van der Waals surface area contributed by atoms with E-state index in [-0.39, 0.29) is 17.5 Å². The first-order chi connectivity index (χ1) is 9.56. The number of nitro groups is 1. The summed E-state index contributed by atoms with van der Waals surface area (Å²) >= 11 is 5.96. The number of benzene rings is 1. The lowest BCUT2D eigenvalue weighted by Crippen LogP contribution is -2.22. The van der Waals surface area contributed by atoms with Gasteiger partial charge >= 0.3 is 0 Å². The second-order valence-corrected chi connectivity index (χ2v) is 4.14. The van der Waals surface area contributed by atoms with Gasteiger partial charge in [-0.1, -0.05) is 23.7 Å². The van der Waals surface area contributed by atoms with Gasteiger partial charge in [0.2, 0.25) is 0 Å². The van der Waals surface area contributed by atoms with Gasteiger partial charge in [-0.15, -0.1) is 0 Å². The Balaban J connectivity index is 2.14. The standard InChI is InChI=1S/C12H10ClN5O2/c13-9-3-1-2-4-10(9)16-12(14)17-11-6-5-8(7-15-11)18(19)20/h1-7H,(H3,14,15,16,17). The number of pyridine rings is 1. The highest BCUT2D eigenvalue weighted by Gasteiger charge is 2.05. The number of hydrogen-bond donors (Lipinski definition) is 2. The molecule has 0 aliphatic rings. The summed E-state index contributed by atoms with van der Waals surface area (Å²) < 4.78 is 0. The number of nitrogens with one attached hydrogen (secondary N) is 1. The maximum atomic E-state index is 10.5. The second kappa shape index (κ2) is 5.98. The van der Waals surface area contributed by atoms with Gasteiger partial charge in [-0.25, -0.2) is 4.98 Å². The monoisotopic (exact) mass is 291 g/mol. The van der Waals surface area contributed by atoms with E-state index < -0.39 is 4.92 Å². The maximum absolute atomic E-state index is 10.5. The quantitative estimate of drug-likeness (QED) is 0.391. The molecule has 0 fully saturated rings. The van der Waals surface area contributed by atoms with E-state index in [1.165, 1.54) is 12.1 Å². The molecule has 0 aliphatic heterocycles. The fraction of sp³-hybridized carbons (Fsp3) is 0. The molecule has 1 aromatic heterocycles. The van der Waals surface area contributed by atoms with Crippen LogP contribution in [0, 0.1) is 10.1 Å². The highest BCUT2D eigenvalue weighted by Crippen LogP contribution is 2.20. The zero-order valence-corrected chi connectivity index (χ0v) is 10.9. The minimum absolute atomic E-state index is 0.0828. The molecule has 2 rings (SSSR count). The number of nitrogens with zero attached hydrogens (tertiary/aromatic N) is 3. The molecule has 1 aromatic carbocycles. The van der Waals surface area contributed by atoms with E-state index in [0.717, 1.165) is 6.20 Å². The smallest absolute Gasteiger partial charge is 0.287 e. The molecule has 0 spiro atoms. The van der Waals surface area contributed by atoms with Crippen LogP contribution in [0.15, 0.2) is 47.6 Å². The number of nitrogens with two attached hydrogens (primary N) is 1. The molecule has 20 heavy (non-hydrogen) atoms. The summed E-state index contributed by atoms with van der Waals surface area (Å²) in [5, 5.41) is 13.8. The maximum Gasteiger partial charge on any atom is 0.287 e. The lowest BCUT2D eigenvalue weighted by atomic mass is 10.3. The average molecular weight is 292 g/mol. The molecule has 0 unspecified atom stereocenters. The Kier molecular flexibility index (Phi) is 4.11. The molecule has 1 heterocycles. The van der Waals surface area contributed by atoms with Crippen LogP contribution in [0.1, 0.15) is 0 Å². The van der Waals surface area contributed by atoms with Gasteiger partial charge in [-0.3, -0.25) is 10.1 Å². The van der Waals surface area contributed by atoms with E-state index in [4.69, 9.17) is 17.3 Å². The number of aromatic nitrogens is 1. The molecule has 0 aliphatic carbocycles. The Morgan fingerprint density at radius 3 is 2.70 bits per heavy atom. The second-order valence-electron chi connectivity index (χ2n) is 3.73. The van der Waals surface area contributed by atoms with Crippen molar-refractivity contribution >= 4 is 34.8 Å². The van der Waals surface area contributed by atoms with Crippen molar-refractivity contribution < 1.29 is 4.92 Å². The average Bonchev–Trinajstić information content (AvgIpc) is 2.42. The molecule has 2 aromatic rings. The number of rotatable bonds is 3. The van der Waals surface area contributed by atoms with Crippen molar-refractivity contribution in [3.8, 4) is 0 Å². The van der Waals surface area contributed by atoms with E-state index in [1.807, 2.05) is 0 Å². The molecule has 0 atom stereocenters. The molecule has 0 amide bonds. The van der Waals surface area contributed by atoms with E-state index in [2.05, 4.69) is 15.3 Å². The Labute approximate surface area is 119 Å². The molecule has 7 nitrogen and oxygen atoms in total. The molecule has 0 bridgehead atoms. The predicted octanol–water partition coefficient (Wildman–Crippen LogP) is 2.70. The predicted molar refractivity (Wildman–Crippen MR) is 77.2 cm³/mol. The number of para-hydroxylation sites is 1. The SMILES string of the molecule is NC(=Nc1ccc([N+](=O)[O-])cn1)Nc1ccccc1Cl. The summed E-state index contributed by atoms with van der Waals surface area (Å²) in [4.78, 5) is 17.8. The van der Waals surface area contributed by atoms with Gasteiger partial charge in [0.15, 0.2) is 11.8 Å². The van der Waals surface area contributed by atoms with Crippen molar-refractivity contribution in [1.82, 2.24) is 4.98 Å². The van der Waals surface area contributed by atoms with Crippen molar-refractivity contribution in [2.75, 3.05) is 5.32 Å². The first-order valence-corrected chi connectivity index (χ1v) is 5.90. The van der Waals surface area contributed by atoms with Crippen LogP contribution >= 0.6 is 11.6 Å². The first-order valence-electron chi connectivity index (χ1n) is 5.52. The summed E-state index contributed by atoms with van der Waals surface area (Å²) in [6, 6.07) is 9.74. The van der Waals surface area contributed by atoms with Gasteiger partial charge < -0.3 is 11.1 Å². The Bertz CT molecular complexity index is 657. The van der Waals surface area contributed by atoms with Crippen LogP contribution in [-0.2, 0) is 0 Å². The molecule has 0 radical (unpaired) electrons. The van der Waals surface area contributed by atoms with Crippen LogP contribution in [0.2, 0.25) is 5.02 Å². The normalized spacial score (nSPS) is 11.2. The van der Waals surface area contributed by atoms with Gasteiger partial charge in [-0.2, -0.15) is 4.99 Å². The third-order valence-electron chi connectivity index (χ3n) is 2.31. The zero-order chi connectivity index (χ0) is 14.5. The minimum atomic E-state index is -0.536. The molecule has 102 valence electrons. The Hall–Kier alpha value is -2.67. The fourth-order valence-corrected chi connectivity index (χ4v) is 1.59. The van der Waals surface area contributed by atoms with Crippen molar-refractivity contribution in [3.63, 3.8) is 0 Å². The number of aliphatic imine (C=N–C) groups is 1. The van der Waals surface area contributed by atoms with Gasteiger partial charge in [0.1, 0.15) is 6.20 Å². The van der Waals surface area contributed by atoms with Crippen molar-refractivity contribution in [2.24, 2.45) is 10.7 Å². The third kappa shape index (κ3) is 3.42. The van der Waals surface area contributed by atoms with Gasteiger partial charge in [-0.05, 0) is 18.2 Å². The number of halogens is 1. The topological polar surface area (TPSA) is 106 Å². The number of hydrogen-bond acceptors (Lipinski definition) is 4. The van der Waals surface area contributed by atoms with Gasteiger partial charge in [0, 0.05) is 6.07 Å². The lowest BCUT2D eigenvalue weighted by molar-refractivity contribution is -0.385. The number of guanidine groups is 1. The minimum Gasteiger partial charge on any atom is -0.369 e. The van der Waals surface area contributed by atoms with Crippen LogP contribution in [0.4, 0.5) is 17.2 Å². The van der Waals surface area contributed by atoms with Crippen molar-refractivity contribution in [3.05, 3.63) is 57.7 Å². The summed E-state index contributed by atoms with van der Waals surface area (Å²) in [5.74, 6) is 0.340. The molecular weight excluding hydrogens is 282 g/mol. The summed E-state index contributed by atoms with van der Waals surface area (Å²) in [7, 11) is 0. The first kappa shape index (κ1) is 13.8. The van der Waals surface area contributed by atoms with Crippen molar-refractivity contribution in [1.29, 1.82) is 0 Å². The molecule has 8 heteroatoms. The fourth-order valence-electron chi connectivity index (χ4n) is 1.40. The van der Waals surface area contributed by atoms with Crippen LogP contribution < -0.4 is 11.1 Å². The summed E-state index contributed by atoms with van der Waals surface area (Å²) in [5.41, 5.74) is 6.21. The van der Waals surface area contributed by atoms with Gasteiger partial charge in [0.05, 0.1) is 15.6 Å². The van der Waals surface area contributed by atoms with Crippen LogP contribution in [0.25, 0.3) is 0 Å².